The van der Waals surface area contributed by atoms with Crippen molar-refractivity contribution in [1.82, 2.24) is 57.5 Å². The van der Waals surface area contributed by atoms with Crippen molar-refractivity contribution in [3.8, 4) is 5.75 Å². The topological polar surface area (TPSA) is 536 Å². The van der Waals surface area contributed by atoms with Gasteiger partial charge < -0.3 is 92.4 Å². The molecule has 15 atom stereocenters. The highest BCUT2D eigenvalue weighted by molar-refractivity contribution is 8.76. The maximum Gasteiger partial charge on any atom is 0.426 e. The Kier molecular flexibility index (Phi) is 34.0. The second kappa shape index (κ2) is 44.0. The standard InChI is InChI=1S/C88H117N13O23S2/c1-7-85(4)30-17-34-100(49-85)47-58-56-23-15-16-24-61(56)93-74(58)51(3)57-43-59-65(45-68(57)122-6)99(5)80-87(59)32-36-101-35-18-31-86(8-2,79(87)101)81(117)88(80,121)82(118)97-98-84(120)123-37-38-125-126-48-55(77(113)114)42-67(104)64(44-73(109)110)94-76(112)60(89)46-91-75(111)54(39-52-19-11-9-12-20-52)41-66(103)63(40-53-21-13-10-14-22-53)92-70(106)29-33-90-69(105)26-25-62(78(115)116)95-83(119)96-71(124-50-102)27-28-72(107)108/h9-16,19-24,43,45,50-51,54-55,60,62-64,71,79-81,93,117,121H,7-8,17-18,25-42,44,46-49,89H2,1-6H3,(H,90,105)(H,91,111)(H,92,106)(H,94,112)(H,97,118)(H,98,120)(H,107,108)(H,109,110)(H,113,114)(H,115,116)(H2,95,96,119)/t51-,54+,55-,60-,62-,63-,64-,71+,79-,80?,81+,85+,86+,87+,88-/m0/s1. The van der Waals surface area contributed by atoms with Gasteiger partial charge in [-0.25, -0.2) is 19.8 Å². The molecule has 684 valence electrons. The van der Waals surface area contributed by atoms with E-state index in [9.17, 15) is 87.9 Å². The Balaban J connectivity index is 0.708. The molecular weight excluding hydrogens is 1670 g/mol. The molecule has 1 aromatic heterocycles. The summed E-state index contributed by atoms with van der Waals surface area (Å²) >= 11 is 0. The van der Waals surface area contributed by atoms with Gasteiger partial charge in [0, 0.05) is 139 Å². The van der Waals surface area contributed by atoms with Crippen molar-refractivity contribution in [2.45, 2.75) is 209 Å². The lowest BCUT2D eigenvalue weighted by Crippen LogP contribution is -2.82. The number of piperidine rings is 2. The fourth-order valence-corrected chi connectivity index (χ4v) is 21.3. The number of carboxylic acids is 4. The van der Waals surface area contributed by atoms with Crippen molar-refractivity contribution in [2.24, 2.45) is 28.4 Å². The average Bonchev–Trinajstić information content (AvgIpc) is 1.47. The van der Waals surface area contributed by atoms with Crippen molar-refractivity contribution in [2.75, 3.05) is 76.4 Å². The van der Waals surface area contributed by atoms with Gasteiger partial charge in [0.2, 0.25) is 23.6 Å². The van der Waals surface area contributed by atoms with Crippen LogP contribution in [-0.4, -0.2) is 255 Å². The number of aliphatic carboxylic acids is 4. The molecule has 1 unspecified atom stereocenters. The van der Waals surface area contributed by atoms with Gasteiger partial charge in [-0.1, -0.05) is 128 Å². The highest BCUT2D eigenvalue weighted by Crippen LogP contribution is 2.68. The summed E-state index contributed by atoms with van der Waals surface area (Å²) in [5.41, 5.74) is 13.9. The van der Waals surface area contributed by atoms with E-state index in [1.165, 1.54) is 12.0 Å². The number of para-hydroxylation sites is 1. The van der Waals surface area contributed by atoms with E-state index in [1.807, 2.05) is 31.0 Å². The lowest BCUT2D eigenvalue weighted by Gasteiger charge is -2.64. The predicted molar refractivity (Wildman–Crippen MR) is 465 cm³/mol. The summed E-state index contributed by atoms with van der Waals surface area (Å²) in [4.78, 5) is 193. The monoisotopic (exact) mass is 1790 g/mol. The molecular formula is C88H117N13O23S2. The van der Waals surface area contributed by atoms with Gasteiger partial charge in [-0.15, -0.1) is 0 Å². The zero-order chi connectivity index (χ0) is 91.4. The molecule has 1 saturated carbocycles. The van der Waals surface area contributed by atoms with Crippen LogP contribution in [0.2, 0.25) is 0 Å². The Morgan fingerprint density at radius 2 is 1.37 bits per heavy atom. The highest BCUT2D eigenvalue weighted by Gasteiger charge is 2.79. The summed E-state index contributed by atoms with van der Waals surface area (Å²) in [5, 5.41) is 80.7. The molecule has 1 aliphatic carbocycles. The number of carboxylic acid groups (broad SMARTS) is 4. The Morgan fingerprint density at radius 1 is 0.690 bits per heavy atom. The van der Waals surface area contributed by atoms with Crippen LogP contribution in [0.5, 0.6) is 5.75 Å². The molecule has 4 aliphatic heterocycles. The van der Waals surface area contributed by atoms with Crippen LogP contribution in [-0.2, 0) is 91.8 Å². The number of nitrogens with zero attached hydrogens (tertiary/aromatic N) is 3. The van der Waals surface area contributed by atoms with Crippen LogP contribution in [0.25, 0.3) is 10.9 Å². The number of urea groups is 1. The molecule has 4 aromatic carbocycles. The number of aromatic amines is 1. The first-order valence-corrected chi connectivity index (χ1v) is 45.1. The molecule has 36 nitrogen and oxygen atoms in total. The largest absolute Gasteiger partial charge is 0.496 e. The van der Waals surface area contributed by atoms with Crippen LogP contribution in [0.1, 0.15) is 163 Å². The number of Topliss-reactive ketones (excluding diaryl/α,β-unsaturated/α-hetero) is 2. The first-order valence-electron chi connectivity index (χ1n) is 42.6. The number of ether oxygens (including phenoxy) is 3. The minimum absolute atomic E-state index is 0.0332. The number of benzene rings is 4. The van der Waals surface area contributed by atoms with Gasteiger partial charge in [0.15, 0.2) is 23.4 Å². The number of H-pyrrole nitrogens is 1. The van der Waals surface area contributed by atoms with Gasteiger partial charge in [-0.2, -0.15) is 0 Å². The Morgan fingerprint density at radius 3 is 2.04 bits per heavy atom. The molecule has 3 saturated heterocycles. The number of aliphatic hydroxyl groups excluding tert-OH is 1. The zero-order valence-corrected chi connectivity index (χ0v) is 73.2. The third kappa shape index (κ3) is 23.3. The van der Waals surface area contributed by atoms with Crippen LogP contribution < -0.4 is 58.1 Å². The number of fused-ring (bicyclic) bond motifs is 2. The van der Waals surface area contributed by atoms with E-state index in [-0.39, 0.29) is 74.2 Å². The number of hydrogen-bond donors (Lipinski definition) is 16. The Bertz CT molecular complexity index is 4760. The molecule has 0 radical (unpaired) electrons. The van der Waals surface area contributed by atoms with E-state index < -0.39 is 193 Å². The number of likely N-dealkylation sites (N-methyl/N-ethyl adjacent to an activating group) is 1. The number of methoxy groups -OCH3 is 1. The van der Waals surface area contributed by atoms with Crippen LogP contribution in [0.4, 0.5) is 15.3 Å². The van der Waals surface area contributed by atoms with Gasteiger partial charge in [-0.3, -0.25) is 68.0 Å². The van der Waals surface area contributed by atoms with Gasteiger partial charge in [0.25, 0.3) is 12.4 Å². The van der Waals surface area contributed by atoms with E-state index in [2.05, 4.69) is 107 Å². The molecule has 17 N–H and O–H groups in total. The number of hydrazine groups is 1. The van der Waals surface area contributed by atoms with Gasteiger partial charge in [0.1, 0.15) is 30.5 Å². The molecule has 5 aromatic rings. The molecule has 0 bridgehead atoms. The predicted octanol–water partition coefficient (Wildman–Crippen LogP) is 4.92. The third-order valence-corrected chi connectivity index (χ3v) is 28.1. The van der Waals surface area contributed by atoms with Crippen LogP contribution in [0, 0.1) is 22.7 Å². The molecule has 126 heavy (non-hydrogen) atoms. The number of hydrogen-bond acceptors (Lipinski definition) is 25. The molecule has 10 rings (SSSR count). The number of carbonyl (C=O) groups excluding carboxylic acids is 10. The number of ketones is 2. The quantitative estimate of drug-likeness (QED) is 0.00808. The minimum Gasteiger partial charge on any atom is -0.496 e. The summed E-state index contributed by atoms with van der Waals surface area (Å²) < 4.78 is 16.4. The number of nitrogens with two attached hydrogens (primary N) is 1. The number of anilines is 1. The van der Waals surface area contributed by atoms with Gasteiger partial charge in [-0.05, 0) is 124 Å². The highest BCUT2D eigenvalue weighted by atomic mass is 33.1. The normalized spacial score (nSPS) is 22.5. The fourth-order valence-electron chi connectivity index (χ4n) is 19.1. The van der Waals surface area contributed by atoms with E-state index in [0.717, 1.165) is 94.0 Å². The molecule has 4 fully saturated rings. The van der Waals surface area contributed by atoms with Crippen molar-refractivity contribution < 1.29 is 112 Å². The summed E-state index contributed by atoms with van der Waals surface area (Å²) in [6.45, 7) is 11.8. The van der Waals surface area contributed by atoms with E-state index >= 15 is 4.79 Å². The summed E-state index contributed by atoms with van der Waals surface area (Å²) in [6.07, 6.45) is -2.93. The number of rotatable bonds is 47. The van der Waals surface area contributed by atoms with Crippen LogP contribution in [0.3, 0.4) is 0 Å². The van der Waals surface area contributed by atoms with E-state index in [4.69, 9.17) is 20.3 Å². The number of aromatic nitrogens is 1. The lowest BCUT2D eigenvalue weighted by molar-refractivity contribution is -0.222. The molecule has 5 aliphatic rings. The van der Waals surface area contributed by atoms with Crippen molar-refractivity contribution in [3.63, 3.8) is 0 Å². The molecule has 1 spiro atoms. The summed E-state index contributed by atoms with van der Waals surface area (Å²) in [6, 6.07) is 20.9. The summed E-state index contributed by atoms with van der Waals surface area (Å²) in [7, 11) is 5.51. The first-order chi connectivity index (χ1) is 60.1. The van der Waals surface area contributed by atoms with Crippen LogP contribution >= 0.6 is 21.6 Å². The Labute approximate surface area is 737 Å². The second-order valence-corrected chi connectivity index (χ2v) is 36.4. The smallest absolute Gasteiger partial charge is 0.426 e. The average molecular weight is 1790 g/mol. The molecule has 8 amide bonds. The number of likely N-dealkylation sites (tertiary alicyclic amines) is 1. The fraction of sp³-hybridized carbons (Fsp3) is 0.545. The maximum absolute atomic E-state index is 15.2. The number of carbonyl (C=O) groups is 14. The second-order valence-electron chi connectivity index (χ2n) is 33.7. The van der Waals surface area contributed by atoms with E-state index in [0.29, 0.717) is 49.1 Å². The van der Waals surface area contributed by atoms with Gasteiger partial charge >= 0.3 is 36.0 Å². The first kappa shape index (κ1) is 97.3. The lowest BCUT2D eigenvalue weighted by atomic mass is 9.46. The van der Waals surface area contributed by atoms with Crippen molar-refractivity contribution in [3.05, 3.63) is 131 Å². The van der Waals surface area contributed by atoms with Gasteiger partial charge in [0.05, 0.1) is 44.0 Å². The minimum atomic E-state index is -2.52. The zero-order valence-electron chi connectivity index (χ0n) is 71.6. The van der Waals surface area contributed by atoms with E-state index in [1.54, 1.807) is 67.8 Å². The summed E-state index contributed by atoms with van der Waals surface area (Å²) in [5.74, 6) is -14.0. The third-order valence-electron chi connectivity index (χ3n) is 25.6. The number of amides is 8. The number of nitrogens with one attached hydrogen (secondary N) is 9. The van der Waals surface area contributed by atoms with Crippen molar-refractivity contribution >= 4 is 122 Å². The van der Waals surface area contributed by atoms with Crippen molar-refractivity contribution in [1.29, 1.82) is 0 Å². The number of aliphatic hydroxyl groups is 2. The Hall–Kier alpha value is -10.9. The maximum atomic E-state index is 15.2. The SMILES string of the molecule is CC[C@]1(C)CCCN(Cc2c([C@@H](C)c3cc4c(cc3OC)N(C)C3[C@]45CCN4CCC[C@@](CC)([C@@H](O)[C@]3(O)C(=O)NNC(=O)OCCSSC[C@H](CC(=O)[C@H](CC(=O)O)NC(=O)[C@@H](N)CNC(=O)[C@@H](CC(=O)[C@H](Cc3ccccc3)NC(=O)CCNC(=O)CC[C@H](NC(=O)N[C@@H](CCC(=O)O)OC=O)C(=O)O)Cc3ccccc3)C(=O)O)[C@H]45)[nH]c3ccccc23)C1. The van der Waals surface area contributed by atoms with Crippen LogP contribution in [0.15, 0.2) is 97.1 Å². The molecule has 5 heterocycles. The molecule has 38 heteroatoms.